The van der Waals surface area contributed by atoms with Crippen molar-refractivity contribution in [2.45, 2.75) is 33.7 Å². The fraction of sp³-hybridized carbons (Fsp3) is 0.909. The molecule has 0 spiro atoms. The van der Waals surface area contributed by atoms with Crippen molar-refractivity contribution >= 4 is 5.91 Å². The van der Waals surface area contributed by atoms with Crippen molar-refractivity contribution in [3.05, 3.63) is 0 Å². The summed E-state index contributed by atoms with van der Waals surface area (Å²) in [5.41, 5.74) is 0. The van der Waals surface area contributed by atoms with Crippen LogP contribution in [0.2, 0.25) is 0 Å². The van der Waals surface area contributed by atoms with E-state index >= 15 is 0 Å². The second-order valence-electron chi connectivity index (χ2n) is 4.27. The van der Waals surface area contributed by atoms with E-state index in [1.807, 2.05) is 11.8 Å². The van der Waals surface area contributed by atoms with Crippen molar-refractivity contribution in [1.29, 1.82) is 0 Å². The molecule has 1 heterocycles. The van der Waals surface area contributed by atoms with E-state index in [4.69, 9.17) is 0 Å². The van der Waals surface area contributed by atoms with Crippen LogP contribution < -0.4 is 0 Å². The van der Waals surface area contributed by atoms with Gasteiger partial charge < -0.3 is 9.80 Å². The highest BCUT2D eigenvalue weighted by Gasteiger charge is 2.34. The van der Waals surface area contributed by atoms with Crippen LogP contribution in [0.15, 0.2) is 0 Å². The third-order valence-electron chi connectivity index (χ3n) is 3.00. The average molecular weight is 198 g/mol. The first-order valence-electron chi connectivity index (χ1n) is 5.62. The molecule has 1 aliphatic heterocycles. The summed E-state index contributed by atoms with van der Waals surface area (Å²) in [7, 11) is 0. The van der Waals surface area contributed by atoms with E-state index in [2.05, 4.69) is 25.7 Å². The zero-order chi connectivity index (χ0) is 10.7. The predicted molar refractivity (Wildman–Crippen MR) is 58.1 cm³/mol. The van der Waals surface area contributed by atoms with Crippen molar-refractivity contribution in [2.75, 3.05) is 26.2 Å². The molecule has 82 valence electrons. The second kappa shape index (κ2) is 4.78. The molecule has 3 nitrogen and oxygen atoms in total. The van der Waals surface area contributed by atoms with E-state index in [-0.39, 0.29) is 5.92 Å². The maximum absolute atomic E-state index is 12.0. The van der Waals surface area contributed by atoms with E-state index in [0.29, 0.717) is 11.9 Å². The number of hydrogen-bond acceptors (Lipinski definition) is 2. The van der Waals surface area contributed by atoms with Crippen molar-refractivity contribution in [2.24, 2.45) is 5.92 Å². The summed E-state index contributed by atoms with van der Waals surface area (Å²) < 4.78 is 0. The van der Waals surface area contributed by atoms with Gasteiger partial charge in [-0.2, -0.15) is 0 Å². The normalized spacial score (nSPS) is 18.4. The molecule has 0 saturated carbocycles. The van der Waals surface area contributed by atoms with E-state index in [9.17, 15) is 4.79 Å². The lowest BCUT2D eigenvalue weighted by Crippen LogP contribution is -2.55. The molecule has 0 aromatic heterocycles. The molecule has 0 bridgehead atoms. The van der Waals surface area contributed by atoms with Crippen LogP contribution >= 0.6 is 0 Å². The Morgan fingerprint density at radius 1 is 1.43 bits per heavy atom. The lowest BCUT2D eigenvalue weighted by Gasteiger charge is -2.40. The topological polar surface area (TPSA) is 23.6 Å². The number of hydrogen-bond donors (Lipinski definition) is 0. The van der Waals surface area contributed by atoms with E-state index in [1.165, 1.54) is 0 Å². The number of carbonyl (C=O) groups excluding carboxylic acids is 1. The van der Waals surface area contributed by atoms with Gasteiger partial charge in [0.1, 0.15) is 0 Å². The monoisotopic (exact) mass is 198 g/mol. The van der Waals surface area contributed by atoms with Gasteiger partial charge in [-0.15, -0.1) is 0 Å². The van der Waals surface area contributed by atoms with Crippen LogP contribution in [0.25, 0.3) is 0 Å². The van der Waals surface area contributed by atoms with Crippen molar-refractivity contribution in [1.82, 2.24) is 9.80 Å². The molecule has 0 aromatic rings. The number of carbonyl (C=O) groups is 1. The molecule has 0 aliphatic carbocycles. The summed E-state index contributed by atoms with van der Waals surface area (Å²) >= 11 is 0. The molecular weight excluding hydrogens is 176 g/mol. The number of rotatable bonds is 4. The highest BCUT2D eigenvalue weighted by atomic mass is 16.2. The number of amides is 1. The third-order valence-corrected chi connectivity index (χ3v) is 3.00. The standard InChI is InChI=1S/C11H22N2O/c1-5-12-7-10(8-12)11(14)13(6-2)9(3)4/h9-10H,5-8H2,1-4H3. The molecule has 0 N–H and O–H groups in total. The summed E-state index contributed by atoms with van der Waals surface area (Å²) in [6, 6.07) is 0.336. The Morgan fingerprint density at radius 2 is 2.00 bits per heavy atom. The number of nitrogens with zero attached hydrogens (tertiary/aromatic N) is 2. The first-order valence-corrected chi connectivity index (χ1v) is 5.62. The van der Waals surface area contributed by atoms with E-state index in [0.717, 1.165) is 26.2 Å². The Kier molecular flexibility index (Phi) is 3.93. The Morgan fingerprint density at radius 3 is 2.36 bits per heavy atom. The maximum Gasteiger partial charge on any atom is 0.228 e. The Bertz CT molecular complexity index is 197. The largest absolute Gasteiger partial charge is 0.340 e. The minimum absolute atomic E-state index is 0.261. The Balaban J connectivity index is 2.41. The average Bonchev–Trinajstić information content (AvgIpc) is 2.02. The van der Waals surface area contributed by atoms with Crippen molar-refractivity contribution < 1.29 is 4.79 Å². The van der Waals surface area contributed by atoms with E-state index in [1.54, 1.807) is 0 Å². The van der Waals surface area contributed by atoms with E-state index < -0.39 is 0 Å². The lowest BCUT2D eigenvalue weighted by atomic mass is 9.98. The van der Waals surface area contributed by atoms with Gasteiger partial charge in [0.15, 0.2) is 0 Å². The predicted octanol–water partition coefficient (Wildman–Crippen LogP) is 1.19. The van der Waals surface area contributed by atoms with Gasteiger partial charge in [0.25, 0.3) is 0 Å². The zero-order valence-electron chi connectivity index (χ0n) is 9.79. The summed E-state index contributed by atoms with van der Waals surface area (Å²) in [5.74, 6) is 0.601. The van der Waals surface area contributed by atoms with Gasteiger partial charge in [0.2, 0.25) is 5.91 Å². The minimum Gasteiger partial charge on any atom is -0.340 e. The van der Waals surface area contributed by atoms with Crippen LogP contribution in [-0.4, -0.2) is 47.9 Å². The Hall–Kier alpha value is -0.570. The molecule has 3 heteroatoms. The fourth-order valence-corrected chi connectivity index (χ4v) is 1.99. The lowest BCUT2D eigenvalue weighted by molar-refractivity contribution is -0.142. The van der Waals surface area contributed by atoms with Crippen LogP contribution in [0.3, 0.4) is 0 Å². The van der Waals surface area contributed by atoms with Gasteiger partial charge in [0.05, 0.1) is 5.92 Å². The molecule has 0 aromatic carbocycles. The molecule has 0 atom stereocenters. The van der Waals surface area contributed by atoms with Gasteiger partial charge >= 0.3 is 0 Å². The zero-order valence-corrected chi connectivity index (χ0v) is 9.79. The van der Waals surface area contributed by atoms with Gasteiger partial charge in [-0.3, -0.25) is 4.79 Å². The first kappa shape index (κ1) is 11.5. The molecule has 1 aliphatic rings. The second-order valence-corrected chi connectivity index (χ2v) is 4.27. The quantitative estimate of drug-likeness (QED) is 0.677. The molecule has 1 rings (SSSR count). The van der Waals surface area contributed by atoms with Gasteiger partial charge in [-0.1, -0.05) is 6.92 Å². The van der Waals surface area contributed by atoms with Crippen molar-refractivity contribution in [3.8, 4) is 0 Å². The molecule has 1 saturated heterocycles. The summed E-state index contributed by atoms with van der Waals surface area (Å²) in [6.07, 6.45) is 0. The van der Waals surface area contributed by atoms with Gasteiger partial charge in [0, 0.05) is 25.7 Å². The highest BCUT2D eigenvalue weighted by Crippen LogP contribution is 2.18. The van der Waals surface area contributed by atoms with Crippen LogP contribution in [0.1, 0.15) is 27.7 Å². The van der Waals surface area contributed by atoms with Crippen LogP contribution in [-0.2, 0) is 4.79 Å². The number of likely N-dealkylation sites (tertiary alicyclic amines) is 1. The minimum atomic E-state index is 0.261. The maximum atomic E-state index is 12.0. The molecule has 1 amide bonds. The van der Waals surface area contributed by atoms with Crippen LogP contribution in [0.4, 0.5) is 0 Å². The summed E-state index contributed by atoms with van der Waals surface area (Å²) in [4.78, 5) is 16.2. The van der Waals surface area contributed by atoms with Gasteiger partial charge in [-0.05, 0) is 27.3 Å². The highest BCUT2D eigenvalue weighted by molar-refractivity contribution is 5.80. The molecule has 0 radical (unpaired) electrons. The molecule has 0 unspecified atom stereocenters. The summed E-state index contributed by atoms with van der Waals surface area (Å²) in [6.45, 7) is 12.2. The fourth-order valence-electron chi connectivity index (χ4n) is 1.99. The molecular formula is C11H22N2O. The molecule has 14 heavy (non-hydrogen) atoms. The van der Waals surface area contributed by atoms with Crippen LogP contribution in [0, 0.1) is 5.92 Å². The first-order chi connectivity index (χ1) is 6.60. The van der Waals surface area contributed by atoms with Gasteiger partial charge in [-0.25, -0.2) is 0 Å². The Labute approximate surface area is 87.1 Å². The van der Waals surface area contributed by atoms with Crippen LogP contribution in [0.5, 0.6) is 0 Å². The third kappa shape index (κ3) is 2.27. The smallest absolute Gasteiger partial charge is 0.228 e. The van der Waals surface area contributed by atoms with Crippen molar-refractivity contribution in [3.63, 3.8) is 0 Å². The SMILES string of the molecule is CCN1CC(C(=O)N(CC)C(C)C)C1. The summed E-state index contributed by atoms with van der Waals surface area (Å²) in [5, 5.41) is 0. The molecule has 1 fully saturated rings.